The molecule has 0 fully saturated rings. The number of fused-ring (bicyclic) bond motifs is 1. The highest BCUT2D eigenvalue weighted by molar-refractivity contribution is 7.13. The second kappa shape index (κ2) is 6.71. The summed E-state index contributed by atoms with van der Waals surface area (Å²) in [5.74, 6) is 1.43. The Morgan fingerprint density at radius 3 is 2.96 bits per heavy atom. The molecule has 1 aliphatic rings. The molecule has 23 heavy (non-hydrogen) atoms. The smallest absolute Gasteiger partial charge is 0.263 e. The van der Waals surface area contributed by atoms with Crippen LogP contribution in [0, 0.1) is 12.8 Å². The summed E-state index contributed by atoms with van der Waals surface area (Å²) in [5, 5.41) is 4.02. The van der Waals surface area contributed by atoms with Crippen molar-refractivity contribution in [2.24, 2.45) is 5.92 Å². The third-order valence-corrected chi connectivity index (χ3v) is 5.01. The molecule has 1 aliphatic heterocycles. The number of para-hydroxylation sites is 1. The predicted octanol–water partition coefficient (Wildman–Crippen LogP) is 3.38. The number of carbonyl (C=O) groups excluding carboxylic acids is 1. The molecular formula is C18H22N2O2S. The number of rotatable bonds is 5. The van der Waals surface area contributed by atoms with E-state index in [0.29, 0.717) is 12.5 Å². The third-order valence-electron chi connectivity index (χ3n) is 3.83. The van der Waals surface area contributed by atoms with Gasteiger partial charge in [0.1, 0.15) is 16.7 Å². The van der Waals surface area contributed by atoms with Crippen molar-refractivity contribution in [2.45, 2.75) is 39.7 Å². The number of nitrogens with zero attached hydrogens (tertiary/aromatic N) is 1. The van der Waals surface area contributed by atoms with Crippen molar-refractivity contribution in [1.29, 1.82) is 0 Å². The van der Waals surface area contributed by atoms with Crippen molar-refractivity contribution in [2.75, 3.05) is 6.54 Å². The van der Waals surface area contributed by atoms with Gasteiger partial charge in [-0.3, -0.25) is 4.79 Å². The van der Waals surface area contributed by atoms with Gasteiger partial charge in [0.15, 0.2) is 0 Å². The molecule has 0 saturated heterocycles. The van der Waals surface area contributed by atoms with Crippen LogP contribution in [-0.2, 0) is 12.8 Å². The number of thiazole rings is 1. The lowest BCUT2D eigenvalue weighted by Crippen LogP contribution is -2.34. The van der Waals surface area contributed by atoms with Crippen molar-refractivity contribution < 1.29 is 9.53 Å². The third kappa shape index (κ3) is 3.72. The van der Waals surface area contributed by atoms with E-state index in [2.05, 4.69) is 30.2 Å². The summed E-state index contributed by atoms with van der Waals surface area (Å²) >= 11 is 1.50. The van der Waals surface area contributed by atoms with Gasteiger partial charge in [0.2, 0.25) is 0 Å². The number of nitrogens with one attached hydrogen (secondary N) is 1. The first-order valence-corrected chi connectivity index (χ1v) is 8.83. The maximum Gasteiger partial charge on any atom is 0.263 e. The van der Waals surface area contributed by atoms with E-state index in [9.17, 15) is 4.79 Å². The molecule has 1 aromatic carbocycles. The second-order valence-corrected chi connectivity index (χ2v) is 7.47. The van der Waals surface area contributed by atoms with Gasteiger partial charge < -0.3 is 10.1 Å². The Hall–Kier alpha value is -1.88. The van der Waals surface area contributed by atoms with Crippen LogP contribution in [0.15, 0.2) is 24.3 Å². The average molecular weight is 330 g/mol. The van der Waals surface area contributed by atoms with Crippen LogP contribution in [0.25, 0.3) is 0 Å². The Balaban J connectivity index is 1.57. The topological polar surface area (TPSA) is 51.2 Å². The van der Waals surface area contributed by atoms with E-state index in [1.807, 2.05) is 25.1 Å². The summed E-state index contributed by atoms with van der Waals surface area (Å²) in [5.41, 5.74) is 2.03. The van der Waals surface area contributed by atoms with Gasteiger partial charge in [-0.2, -0.15) is 0 Å². The number of aromatic nitrogens is 1. The van der Waals surface area contributed by atoms with E-state index in [1.165, 1.54) is 16.9 Å². The molecule has 2 heterocycles. The SMILES string of the molecule is Cc1nc(CC(C)C)sc1C(=O)NCC1Cc2ccccc2O1. The molecule has 3 rings (SSSR count). The van der Waals surface area contributed by atoms with E-state index >= 15 is 0 Å². The molecule has 122 valence electrons. The zero-order valence-corrected chi connectivity index (χ0v) is 14.6. The van der Waals surface area contributed by atoms with Crippen molar-refractivity contribution in [3.05, 3.63) is 45.4 Å². The molecule has 0 bridgehead atoms. The number of aryl methyl sites for hydroxylation is 1. The normalized spacial score (nSPS) is 16.3. The van der Waals surface area contributed by atoms with Crippen LogP contribution in [0.1, 0.15) is 39.8 Å². The molecule has 4 nitrogen and oxygen atoms in total. The number of hydrogen-bond acceptors (Lipinski definition) is 4. The van der Waals surface area contributed by atoms with Crippen molar-refractivity contribution in [1.82, 2.24) is 10.3 Å². The molecule has 0 spiro atoms. The first-order valence-electron chi connectivity index (χ1n) is 8.02. The maximum absolute atomic E-state index is 12.4. The Morgan fingerprint density at radius 2 is 2.22 bits per heavy atom. The molecule has 5 heteroatoms. The quantitative estimate of drug-likeness (QED) is 0.914. The predicted molar refractivity (Wildman–Crippen MR) is 92.3 cm³/mol. The summed E-state index contributed by atoms with van der Waals surface area (Å²) in [6, 6.07) is 8.03. The number of carbonyl (C=O) groups is 1. The molecule has 1 aromatic heterocycles. The largest absolute Gasteiger partial charge is 0.488 e. The Kier molecular flexibility index (Phi) is 4.66. The minimum absolute atomic E-state index is 0.0136. The van der Waals surface area contributed by atoms with Gasteiger partial charge in [-0.05, 0) is 24.5 Å². The standard InChI is InChI=1S/C18H22N2O2S/c1-11(2)8-16-20-12(3)17(23-16)18(21)19-10-14-9-13-6-4-5-7-15(13)22-14/h4-7,11,14H,8-10H2,1-3H3,(H,19,21). The highest BCUT2D eigenvalue weighted by Gasteiger charge is 2.23. The fourth-order valence-electron chi connectivity index (χ4n) is 2.75. The second-order valence-electron chi connectivity index (χ2n) is 6.38. The van der Waals surface area contributed by atoms with Crippen LogP contribution < -0.4 is 10.1 Å². The van der Waals surface area contributed by atoms with E-state index in [1.54, 1.807) is 0 Å². The van der Waals surface area contributed by atoms with Gasteiger partial charge in [-0.15, -0.1) is 11.3 Å². The molecule has 2 aromatic rings. The molecule has 1 atom stereocenters. The van der Waals surface area contributed by atoms with E-state index < -0.39 is 0 Å². The van der Waals surface area contributed by atoms with E-state index in [4.69, 9.17) is 4.74 Å². The van der Waals surface area contributed by atoms with Crippen molar-refractivity contribution in [3.63, 3.8) is 0 Å². The van der Waals surface area contributed by atoms with Gasteiger partial charge in [0, 0.05) is 12.8 Å². The van der Waals surface area contributed by atoms with Crippen LogP contribution in [0.5, 0.6) is 5.75 Å². The number of benzene rings is 1. The molecule has 0 aliphatic carbocycles. The zero-order valence-electron chi connectivity index (χ0n) is 13.8. The molecule has 0 saturated carbocycles. The molecule has 0 radical (unpaired) electrons. The molecule has 1 N–H and O–H groups in total. The fraction of sp³-hybridized carbons (Fsp3) is 0.444. The van der Waals surface area contributed by atoms with Gasteiger partial charge in [0.25, 0.3) is 5.91 Å². The lowest BCUT2D eigenvalue weighted by atomic mass is 10.1. The van der Waals surface area contributed by atoms with E-state index in [-0.39, 0.29) is 12.0 Å². The Labute approximate surface area is 140 Å². The summed E-state index contributed by atoms with van der Waals surface area (Å²) in [7, 11) is 0. The summed E-state index contributed by atoms with van der Waals surface area (Å²) in [4.78, 5) is 17.6. The Morgan fingerprint density at radius 1 is 1.43 bits per heavy atom. The van der Waals surface area contributed by atoms with Crippen LogP contribution in [-0.4, -0.2) is 23.5 Å². The van der Waals surface area contributed by atoms with Gasteiger partial charge in [0.05, 0.1) is 17.2 Å². The number of hydrogen-bond donors (Lipinski definition) is 1. The summed E-state index contributed by atoms with van der Waals surface area (Å²) < 4.78 is 5.85. The molecular weight excluding hydrogens is 308 g/mol. The first kappa shape index (κ1) is 16.0. The Bertz CT molecular complexity index is 684. The number of amides is 1. The minimum atomic E-state index is -0.0467. The average Bonchev–Trinajstić information content (AvgIpc) is 3.07. The van der Waals surface area contributed by atoms with Crippen molar-refractivity contribution >= 4 is 17.2 Å². The van der Waals surface area contributed by atoms with Gasteiger partial charge >= 0.3 is 0 Å². The highest BCUT2D eigenvalue weighted by Crippen LogP contribution is 2.28. The van der Waals surface area contributed by atoms with Crippen LogP contribution in [0.2, 0.25) is 0 Å². The summed E-state index contributed by atoms with van der Waals surface area (Å²) in [6.45, 7) is 6.73. The molecule has 1 amide bonds. The molecule has 1 unspecified atom stereocenters. The summed E-state index contributed by atoms with van der Waals surface area (Å²) in [6.07, 6.45) is 1.77. The highest BCUT2D eigenvalue weighted by atomic mass is 32.1. The monoisotopic (exact) mass is 330 g/mol. The fourth-order valence-corrected chi connectivity index (χ4v) is 3.95. The van der Waals surface area contributed by atoms with Crippen LogP contribution >= 0.6 is 11.3 Å². The van der Waals surface area contributed by atoms with E-state index in [0.717, 1.165) is 34.2 Å². The van der Waals surface area contributed by atoms with Gasteiger partial charge in [-0.25, -0.2) is 4.98 Å². The van der Waals surface area contributed by atoms with Crippen molar-refractivity contribution in [3.8, 4) is 5.75 Å². The maximum atomic E-state index is 12.4. The van der Waals surface area contributed by atoms with Crippen LogP contribution in [0.3, 0.4) is 0 Å². The minimum Gasteiger partial charge on any atom is -0.488 e. The van der Waals surface area contributed by atoms with Crippen LogP contribution in [0.4, 0.5) is 0 Å². The number of ether oxygens (including phenoxy) is 1. The first-order chi connectivity index (χ1) is 11.0. The van der Waals surface area contributed by atoms with Gasteiger partial charge in [-0.1, -0.05) is 32.0 Å². The zero-order chi connectivity index (χ0) is 16.4. The lowest BCUT2D eigenvalue weighted by molar-refractivity contribution is 0.0937. The lowest BCUT2D eigenvalue weighted by Gasteiger charge is -2.11.